The van der Waals surface area contributed by atoms with Gasteiger partial charge in [-0.25, -0.2) is 0 Å². The summed E-state index contributed by atoms with van der Waals surface area (Å²) in [5.41, 5.74) is 3.29. The molecule has 0 atom stereocenters. The summed E-state index contributed by atoms with van der Waals surface area (Å²) in [6, 6.07) is 13.6. The summed E-state index contributed by atoms with van der Waals surface area (Å²) in [5, 5.41) is 11.3. The van der Waals surface area contributed by atoms with Crippen LogP contribution in [0.3, 0.4) is 0 Å². The zero-order valence-corrected chi connectivity index (χ0v) is 16.4. The maximum absolute atomic E-state index is 11.6. The predicted molar refractivity (Wildman–Crippen MR) is 107 cm³/mol. The van der Waals surface area contributed by atoms with Crippen LogP contribution in [0.2, 0.25) is 0 Å². The third kappa shape index (κ3) is 6.95. The van der Waals surface area contributed by atoms with Gasteiger partial charge in [-0.1, -0.05) is 30.3 Å². The number of ether oxygens (including phenoxy) is 2. The summed E-state index contributed by atoms with van der Waals surface area (Å²) in [5.74, 6) is 0.382. The summed E-state index contributed by atoms with van der Waals surface area (Å²) in [6.45, 7) is 5.36. The van der Waals surface area contributed by atoms with Crippen LogP contribution in [-0.4, -0.2) is 36.7 Å². The molecule has 1 amide bonds. The number of carbonyl (C=O) groups is 2. The van der Waals surface area contributed by atoms with Crippen LogP contribution in [0.15, 0.2) is 42.5 Å². The number of rotatable bonds is 11. The average molecular weight is 385 g/mol. The lowest BCUT2D eigenvalue weighted by atomic mass is 10.1. The Kier molecular flexibility index (Phi) is 8.34. The Bertz CT molecular complexity index is 803. The monoisotopic (exact) mass is 385 g/mol. The fraction of sp³-hybridized carbons (Fsp3) is 0.364. The minimum atomic E-state index is -0.975. The van der Waals surface area contributed by atoms with Crippen LogP contribution < -0.4 is 14.8 Å². The molecule has 0 aliphatic carbocycles. The molecule has 0 heterocycles. The summed E-state index contributed by atoms with van der Waals surface area (Å²) >= 11 is 0. The molecule has 0 aliphatic heterocycles. The smallest absolute Gasteiger partial charge is 0.303 e. The van der Waals surface area contributed by atoms with Gasteiger partial charge in [0.05, 0.1) is 6.42 Å². The zero-order chi connectivity index (χ0) is 20.4. The van der Waals surface area contributed by atoms with E-state index in [-0.39, 0.29) is 18.7 Å². The Morgan fingerprint density at radius 3 is 2.36 bits per heavy atom. The number of hydrogen-bond acceptors (Lipinski definition) is 4. The molecule has 0 saturated heterocycles. The first-order valence-corrected chi connectivity index (χ1v) is 9.35. The van der Waals surface area contributed by atoms with E-state index < -0.39 is 5.97 Å². The van der Waals surface area contributed by atoms with Gasteiger partial charge in [0.15, 0.2) is 0 Å². The first kappa shape index (κ1) is 21.3. The lowest BCUT2D eigenvalue weighted by Crippen LogP contribution is -2.26. The van der Waals surface area contributed by atoms with Crippen molar-refractivity contribution in [2.45, 2.75) is 33.1 Å². The maximum Gasteiger partial charge on any atom is 0.303 e. The molecule has 2 aromatic rings. The van der Waals surface area contributed by atoms with Gasteiger partial charge in [0.1, 0.15) is 24.7 Å². The van der Waals surface area contributed by atoms with Crippen molar-refractivity contribution in [3.63, 3.8) is 0 Å². The summed E-state index contributed by atoms with van der Waals surface area (Å²) < 4.78 is 11.7. The molecule has 0 spiro atoms. The molecule has 6 nitrogen and oxygen atoms in total. The standard InChI is InChI=1S/C22H27NO5/c1-16-6-5-9-19(17(16)2)27-14-15-28-20-8-4-3-7-18(20)12-13-23-21(24)10-11-22(25)26/h3-9H,10-15H2,1-2H3,(H,23,24)(H,25,26). The number of para-hydroxylation sites is 1. The normalized spacial score (nSPS) is 10.4. The van der Waals surface area contributed by atoms with E-state index in [2.05, 4.69) is 18.3 Å². The third-order valence-corrected chi connectivity index (χ3v) is 4.41. The molecule has 2 aromatic carbocycles. The van der Waals surface area contributed by atoms with Crippen molar-refractivity contribution in [2.24, 2.45) is 0 Å². The lowest BCUT2D eigenvalue weighted by Gasteiger charge is -2.14. The van der Waals surface area contributed by atoms with E-state index in [1.54, 1.807) is 0 Å². The third-order valence-electron chi connectivity index (χ3n) is 4.41. The first-order chi connectivity index (χ1) is 13.5. The number of carbonyl (C=O) groups excluding carboxylic acids is 1. The van der Waals surface area contributed by atoms with Crippen LogP contribution in [0.25, 0.3) is 0 Å². The summed E-state index contributed by atoms with van der Waals surface area (Å²) in [6.07, 6.45) is 0.433. The Balaban J connectivity index is 1.77. The van der Waals surface area contributed by atoms with Crippen LogP contribution in [0.5, 0.6) is 11.5 Å². The van der Waals surface area contributed by atoms with Crippen molar-refractivity contribution in [1.82, 2.24) is 5.32 Å². The van der Waals surface area contributed by atoms with Crippen LogP contribution in [0.4, 0.5) is 0 Å². The van der Waals surface area contributed by atoms with Gasteiger partial charge in [-0.3, -0.25) is 9.59 Å². The van der Waals surface area contributed by atoms with Gasteiger partial charge in [0.25, 0.3) is 0 Å². The molecule has 0 bridgehead atoms. The van der Waals surface area contributed by atoms with Crippen molar-refractivity contribution in [2.75, 3.05) is 19.8 Å². The van der Waals surface area contributed by atoms with E-state index in [1.807, 2.05) is 43.3 Å². The summed E-state index contributed by atoms with van der Waals surface area (Å²) in [7, 11) is 0. The van der Waals surface area contributed by atoms with E-state index in [0.29, 0.717) is 26.2 Å². The van der Waals surface area contributed by atoms with Crippen LogP contribution in [0.1, 0.15) is 29.5 Å². The second-order valence-corrected chi connectivity index (χ2v) is 6.50. The van der Waals surface area contributed by atoms with E-state index in [0.717, 1.165) is 22.6 Å². The van der Waals surface area contributed by atoms with Crippen LogP contribution in [-0.2, 0) is 16.0 Å². The van der Waals surface area contributed by atoms with Gasteiger partial charge in [-0.2, -0.15) is 0 Å². The Morgan fingerprint density at radius 1 is 0.929 bits per heavy atom. The quantitative estimate of drug-likeness (QED) is 0.580. The molecule has 0 saturated carbocycles. The van der Waals surface area contributed by atoms with Gasteiger partial charge in [-0.05, 0) is 49.1 Å². The molecule has 0 fully saturated rings. The van der Waals surface area contributed by atoms with Crippen molar-refractivity contribution in [3.8, 4) is 11.5 Å². The molecule has 0 aliphatic rings. The van der Waals surface area contributed by atoms with Crippen molar-refractivity contribution >= 4 is 11.9 Å². The van der Waals surface area contributed by atoms with E-state index in [4.69, 9.17) is 14.6 Å². The lowest BCUT2D eigenvalue weighted by molar-refractivity contribution is -0.138. The number of benzene rings is 2. The average Bonchev–Trinajstić information content (AvgIpc) is 2.67. The fourth-order valence-corrected chi connectivity index (χ4v) is 2.68. The number of amides is 1. The predicted octanol–water partition coefficient (Wildman–Crippen LogP) is 3.28. The van der Waals surface area contributed by atoms with Crippen molar-refractivity contribution in [3.05, 3.63) is 59.2 Å². The second-order valence-electron chi connectivity index (χ2n) is 6.50. The zero-order valence-electron chi connectivity index (χ0n) is 16.4. The Hall–Kier alpha value is -3.02. The highest BCUT2D eigenvalue weighted by Gasteiger charge is 2.07. The molecule has 28 heavy (non-hydrogen) atoms. The van der Waals surface area contributed by atoms with Crippen LogP contribution in [0, 0.1) is 13.8 Å². The first-order valence-electron chi connectivity index (χ1n) is 9.35. The number of carboxylic acid groups (broad SMARTS) is 1. The van der Waals surface area contributed by atoms with Crippen LogP contribution >= 0.6 is 0 Å². The molecule has 2 N–H and O–H groups in total. The topological polar surface area (TPSA) is 84.9 Å². The minimum Gasteiger partial charge on any atom is -0.490 e. The highest BCUT2D eigenvalue weighted by Crippen LogP contribution is 2.21. The van der Waals surface area contributed by atoms with Gasteiger partial charge >= 0.3 is 5.97 Å². The van der Waals surface area contributed by atoms with Gasteiger partial charge in [0.2, 0.25) is 5.91 Å². The van der Waals surface area contributed by atoms with E-state index in [9.17, 15) is 9.59 Å². The molecule has 6 heteroatoms. The maximum atomic E-state index is 11.6. The summed E-state index contributed by atoms with van der Waals surface area (Å²) in [4.78, 5) is 22.1. The molecule has 150 valence electrons. The fourth-order valence-electron chi connectivity index (χ4n) is 2.68. The highest BCUT2D eigenvalue weighted by molar-refractivity contribution is 5.80. The molecule has 2 rings (SSSR count). The molecule has 0 radical (unpaired) electrons. The molecule has 0 aromatic heterocycles. The van der Waals surface area contributed by atoms with Gasteiger partial charge in [-0.15, -0.1) is 0 Å². The Morgan fingerprint density at radius 2 is 1.61 bits per heavy atom. The number of hydrogen-bond donors (Lipinski definition) is 2. The van der Waals surface area contributed by atoms with E-state index in [1.165, 1.54) is 5.56 Å². The number of carboxylic acids is 1. The highest BCUT2D eigenvalue weighted by atomic mass is 16.5. The van der Waals surface area contributed by atoms with Crippen molar-refractivity contribution < 1.29 is 24.2 Å². The van der Waals surface area contributed by atoms with Crippen molar-refractivity contribution in [1.29, 1.82) is 0 Å². The number of nitrogens with one attached hydrogen (secondary N) is 1. The SMILES string of the molecule is Cc1cccc(OCCOc2ccccc2CCNC(=O)CCC(=O)O)c1C. The minimum absolute atomic E-state index is 0.0107. The molecule has 0 unspecified atom stereocenters. The van der Waals surface area contributed by atoms with Gasteiger partial charge < -0.3 is 19.9 Å². The Labute approximate surface area is 165 Å². The molecular weight excluding hydrogens is 358 g/mol. The van der Waals surface area contributed by atoms with E-state index >= 15 is 0 Å². The molecular formula is C22H27NO5. The largest absolute Gasteiger partial charge is 0.490 e. The number of aliphatic carboxylic acids is 1. The number of aryl methyl sites for hydroxylation is 1. The second kappa shape index (κ2) is 11.0. The van der Waals surface area contributed by atoms with Gasteiger partial charge in [0, 0.05) is 13.0 Å².